The fourth-order valence-electron chi connectivity index (χ4n) is 1.24. The number of carbonyl (C=O) groups excluding carboxylic acids is 1. The minimum atomic E-state index is -2.47. The molecular formula is C12H17ClF2N2OS. The number of amides is 1. The molecule has 3 nitrogen and oxygen atoms in total. The van der Waals surface area contributed by atoms with Gasteiger partial charge in [0.2, 0.25) is 5.91 Å². The monoisotopic (exact) mass is 310 g/mol. The number of thioether (sulfide) groups is 1. The molecule has 0 aliphatic carbocycles. The third-order valence-electron chi connectivity index (χ3n) is 2.53. The summed E-state index contributed by atoms with van der Waals surface area (Å²) in [6.45, 7) is 3.46. The number of hydrogen-bond donors (Lipinski definition) is 2. The molecule has 0 bridgehead atoms. The summed E-state index contributed by atoms with van der Waals surface area (Å²) in [6, 6.07) is 6.10. The van der Waals surface area contributed by atoms with Crippen molar-refractivity contribution in [3.05, 3.63) is 24.3 Å². The van der Waals surface area contributed by atoms with Crippen LogP contribution in [0.15, 0.2) is 29.2 Å². The molecule has 0 aliphatic rings. The van der Waals surface area contributed by atoms with Gasteiger partial charge in [-0.3, -0.25) is 4.79 Å². The van der Waals surface area contributed by atoms with Gasteiger partial charge in [0.15, 0.2) is 0 Å². The first-order chi connectivity index (χ1) is 8.40. The zero-order valence-corrected chi connectivity index (χ0v) is 12.2. The molecule has 1 aromatic carbocycles. The maximum absolute atomic E-state index is 12.2. The fourth-order valence-corrected chi connectivity index (χ4v) is 1.80. The summed E-state index contributed by atoms with van der Waals surface area (Å²) in [6.07, 6.45) is 0. The largest absolute Gasteiger partial charge is 0.327 e. The molecule has 0 spiro atoms. The number of alkyl halides is 2. The standard InChI is InChI=1S/C12H16F2N2OS.ClH/c1-7(8(2)15)11(17)16-9-4-3-5-10(6-9)18-12(13)14;/h3-8,12H,15H2,1-2H3,(H,16,17);1H. The van der Waals surface area contributed by atoms with E-state index >= 15 is 0 Å². The molecule has 0 saturated carbocycles. The van der Waals surface area contributed by atoms with Crippen LogP contribution in [0, 0.1) is 5.92 Å². The van der Waals surface area contributed by atoms with Crippen molar-refractivity contribution in [2.75, 3.05) is 5.32 Å². The molecule has 3 N–H and O–H groups in total. The van der Waals surface area contributed by atoms with Crippen molar-refractivity contribution >= 4 is 35.8 Å². The number of nitrogens with one attached hydrogen (secondary N) is 1. The van der Waals surface area contributed by atoms with Crippen LogP contribution in [0.5, 0.6) is 0 Å². The molecule has 0 fully saturated rings. The van der Waals surface area contributed by atoms with Gasteiger partial charge in [0, 0.05) is 16.6 Å². The highest BCUT2D eigenvalue weighted by Gasteiger charge is 2.17. The van der Waals surface area contributed by atoms with Crippen LogP contribution in [-0.2, 0) is 4.79 Å². The lowest BCUT2D eigenvalue weighted by Crippen LogP contribution is -2.34. The van der Waals surface area contributed by atoms with Gasteiger partial charge in [-0.2, -0.15) is 8.78 Å². The fraction of sp³-hybridized carbons (Fsp3) is 0.417. The smallest absolute Gasteiger partial charge is 0.288 e. The molecule has 0 saturated heterocycles. The van der Waals surface area contributed by atoms with E-state index in [2.05, 4.69) is 5.32 Å². The minimum absolute atomic E-state index is 0. The summed E-state index contributed by atoms with van der Waals surface area (Å²) in [7, 11) is 0. The van der Waals surface area contributed by atoms with Gasteiger partial charge in [0.05, 0.1) is 5.92 Å². The molecule has 0 heterocycles. The van der Waals surface area contributed by atoms with Crippen molar-refractivity contribution in [3.63, 3.8) is 0 Å². The topological polar surface area (TPSA) is 55.1 Å². The first-order valence-electron chi connectivity index (χ1n) is 5.51. The molecule has 7 heteroatoms. The van der Waals surface area contributed by atoms with Crippen LogP contribution in [0.3, 0.4) is 0 Å². The van der Waals surface area contributed by atoms with Crippen LogP contribution in [0.4, 0.5) is 14.5 Å². The van der Waals surface area contributed by atoms with Gasteiger partial charge in [0.25, 0.3) is 5.76 Å². The number of nitrogens with two attached hydrogens (primary N) is 1. The Bertz CT molecular complexity index is 418. The summed E-state index contributed by atoms with van der Waals surface area (Å²) < 4.78 is 24.4. The predicted molar refractivity (Wildman–Crippen MR) is 77.0 cm³/mol. The second kappa shape index (κ2) is 8.35. The van der Waals surface area contributed by atoms with Gasteiger partial charge in [0.1, 0.15) is 0 Å². The van der Waals surface area contributed by atoms with Crippen LogP contribution in [0.25, 0.3) is 0 Å². The molecular weight excluding hydrogens is 294 g/mol. The number of hydrogen-bond acceptors (Lipinski definition) is 3. The highest BCUT2D eigenvalue weighted by molar-refractivity contribution is 7.99. The Labute approximate surface area is 121 Å². The van der Waals surface area contributed by atoms with E-state index in [4.69, 9.17) is 5.73 Å². The maximum atomic E-state index is 12.2. The molecule has 19 heavy (non-hydrogen) atoms. The molecule has 2 atom stereocenters. The van der Waals surface area contributed by atoms with E-state index in [0.717, 1.165) is 0 Å². The number of halogens is 3. The van der Waals surface area contributed by atoms with Gasteiger partial charge in [-0.1, -0.05) is 24.8 Å². The Morgan fingerprint density at radius 3 is 2.53 bits per heavy atom. The van der Waals surface area contributed by atoms with E-state index in [9.17, 15) is 13.6 Å². The highest BCUT2D eigenvalue weighted by Crippen LogP contribution is 2.27. The molecule has 0 radical (unpaired) electrons. The van der Waals surface area contributed by atoms with Gasteiger partial charge < -0.3 is 11.1 Å². The van der Waals surface area contributed by atoms with E-state index in [1.807, 2.05) is 0 Å². The predicted octanol–water partition coefficient (Wildman–Crippen LogP) is 3.34. The second-order valence-electron chi connectivity index (χ2n) is 4.04. The number of anilines is 1. The normalized spacial score (nSPS) is 13.6. The molecule has 0 aliphatic heterocycles. The molecule has 2 unspecified atom stereocenters. The third kappa shape index (κ3) is 6.22. The number of carbonyl (C=O) groups is 1. The van der Waals surface area contributed by atoms with E-state index in [1.165, 1.54) is 6.07 Å². The SMILES string of the molecule is CC(N)C(C)C(=O)Nc1cccc(SC(F)F)c1.Cl. The average Bonchev–Trinajstić information content (AvgIpc) is 2.27. The average molecular weight is 311 g/mol. The Kier molecular flexibility index (Phi) is 7.97. The summed E-state index contributed by atoms with van der Waals surface area (Å²) in [5, 5.41) is 2.66. The van der Waals surface area contributed by atoms with Crippen molar-refractivity contribution in [1.29, 1.82) is 0 Å². The van der Waals surface area contributed by atoms with E-state index < -0.39 is 5.76 Å². The van der Waals surface area contributed by atoms with Gasteiger partial charge in [-0.15, -0.1) is 12.4 Å². The summed E-state index contributed by atoms with van der Waals surface area (Å²) >= 11 is 0.445. The van der Waals surface area contributed by atoms with Crippen LogP contribution < -0.4 is 11.1 Å². The van der Waals surface area contributed by atoms with Gasteiger partial charge in [-0.05, 0) is 25.1 Å². The van der Waals surface area contributed by atoms with E-state index in [-0.39, 0.29) is 30.3 Å². The lowest BCUT2D eigenvalue weighted by Gasteiger charge is -2.15. The van der Waals surface area contributed by atoms with Crippen LogP contribution >= 0.6 is 24.2 Å². The van der Waals surface area contributed by atoms with Crippen molar-refractivity contribution in [2.45, 2.75) is 30.5 Å². The first kappa shape index (κ1) is 18.1. The van der Waals surface area contributed by atoms with E-state index in [0.29, 0.717) is 22.3 Å². The minimum Gasteiger partial charge on any atom is -0.327 e. The zero-order valence-electron chi connectivity index (χ0n) is 10.6. The molecule has 1 amide bonds. The van der Waals surface area contributed by atoms with Crippen LogP contribution in [0.2, 0.25) is 0 Å². The summed E-state index contributed by atoms with van der Waals surface area (Å²) in [5.41, 5.74) is 6.12. The second-order valence-corrected chi connectivity index (χ2v) is 5.11. The third-order valence-corrected chi connectivity index (χ3v) is 3.23. The Balaban J connectivity index is 0.00000324. The van der Waals surface area contributed by atoms with Gasteiger partial charge in [-0.25, -0.2) is 0 Å². The maximum Gasteiger partial charge on any atom is 0.288 e. The van der Waals surface area contributed by atoms with Crippen molar-refractivity contribution in [2.24, 2.45) is 11.7 Å². The molecule has 108 valence electrons. The van der Waals surface area contributed by atoms with Crippen LogP contribution in [-0.4, -0.2) is 17.7 Å². The number of rotatable bonds is 5. The Morgan fingerprint density at radius 2 is 2.00 bits per heavy atom. The number of benzene rings is 1. The molecule has 1 rings (SSSR count). The Morgan fingerprint density at radius 1 is 1.37 bits per heavy atom. The lowest BCUT2D eigenvalue weighted by molar-refractivity contribution is -0.119. The quantitative estimate of drug-likeness (QED) is 0.820. The van der Waals surface area contributed by atoms with Gasteiger partial charge >= 0.3 is 0 Å². The van der Waals surface area contributed by atoms with E-state index in [1.54, 1.807) is 32.0 Å². The zero-order chi connectivity index (χ0) is 13.7. The molecule has 1 aromatic rings. The first-order valence-corrected chi connectivity index (χ1v) is 6.39. The van der Waals surface area contributed by atoms with Crippen LogP contribution in [0.1, 0.15) is 13.8 Å². The summed E-state index contributed by atoms with van der Waals surface area (Å²) in [4.78, 5) is 12.2. The van der Waals surface area contributed by atoms with Crippen molar-refractivity contribution in [1.82, 2.24) is 0 Å². The van der Waals surface area contributed by atoms with Crippen molar-refractivity contribution < 1.29 is 13.6 Å². The summed E-state index contributed by atoms with van der Waals surface area (Å²) in [5.74, 6) is -3.03. The molecule has 0 aromatic heterocycles. The van der Waals surface area contributed by atoms with Crippen molar-refractivity contribution in [3.8, 4) is 0 Å². The Hall–Kier alpha value is -0.850. The highest BCUT2D eigenvalue weighted by atomic mass is 35.5. The lowest BCUT2D eigenvalue weighted by atomic mass is 10.0.